The number of halogens is 1. The van der Waals surface area contributed by atoms with Crippen molar-refractivity contribution in [3.05, 3.63) is 33.3 Å². The van der Waals surface area contributed by atoms with E-state index in [0.717, 1.165) is 11.3 Å². The van der Waals surface area contributed by atoms with Crippen molar-refractivity contribution in [3.8, 4) is 11.6 Å². The molecule has 0 bridgehead atoms. The van der Waals surface area contributed by atoms with Crippen molar-refractivity contribution in [2.45, 2.75) is 38.9 Å². The Morgan fingerprint density at radius 1 is 1.33 bits per heavy atom. The second-order valence-corrected chi connectivity index (χ2v) is 9.20. The van der Waals surface area contributed by atoms with Gasteiger partial charge in [0.2, 0.25) is 11.7 Å². The van der Waals surface area contributed by atoms with Gasteiger partial charge in [-0.1, -0.05) is 18.7 Å². The Hall–Kier alpha value is -2.11. The van der Waals surface area contributed by atoms with Gasteiger partial charge in [0.15, 0.2) is 15.6 Å². The molecule has 0 saturated carbocycles. The first-order valence-electron chi connectivity index (χ1n) is 9.32. The molecule has 0 aliphatic rings. The molecule has 11 heteroatoms. The highest BCUT2D eigenvalue weighted by molar-refractivity contribution is 9.10. The molecule has 1 N–H and O–H groups in total. The molecule has 0 aliphatic heterocycles. The summed E-state index contributed by atoms with van der Waals surface area (Å²) in [5.74, 6) is 0.668. The second-order valence-electron chi connectivity index (χ2n) is 6.22. The molecule has 3 aromatic heterocycles. The molecule has 0 radical (unpaired) electrons. The van der Waals surface area contributed by atoms with Gasteiger partial charge in [-0.05, 0) is 54.4 Å². The van der Waals surface area contributed by atoms with Crippen LogP contribution in [0, 0.1) is 6.92 Å². The molecular weight excluding hydrogens is 492 g/mol. The number of furan rings is 1. The SMILES string of the molecule is CCCn1c(SCC(=O)Nc2sc(C)cc2C(=O)OCC)nnc1-c1ccc(Br)o1. The molecule has 0 saturated heterocycles. The Balaban J connectivity index is 1.70. The number of amides is 1. The van der Waals surface area contributed by atoms with E-state index in [9.17, 15) is 9.59 Å². The van der Waals surface area contributed by atoms with E-state index in [1.807, 2.05) is 17.6 Å². The van der Waals surface area contributed by atoms with Crippen LogP contribution >= 0.6 is 39.0 Å². The van der Waals surface area contributed by atoms with Crippen molar-refractivity contribution in [3.63, 3.8) is 0 Å². The molecule has 3 rings (SSSR count). The van der Waals surface area contributed by atoms with Gasteiger partial charge in [-0.2, -0.15) is 0 Å². The van der Waals surface area contributed by atoms with Crippen LogP contribution in [-0.4, -0.2) is 39.0 Å². The lowest BCUT2D eigenvalue weighted by Crippen LogP contribution is -2.16. The van der Waals surface area contributed by atoms with E-state index in [1.54, 1.807) is 19.1 Å². The summed E-state index contributed by atoms with van der Waals surface area (Å²) in [6.45, 7) is 6.65. The van der Waals surface area contributed by atoms with Crippen LogP contribution in [0.5, 0.6) is 0 Å². The summed E-state index contributed by atoms with van der Waals surface area (Å²) < 4.78 is 13.2. The molecule has 0 atom stereocenters. The molecule has 3 heterocycles. The number of rotatable bonds is 9. The van der Waals surface area contributed by atoms with E-state index in [-0.39, 0.29) is 18.3 Å². The molecule has 160 valence electrons. The zero-order valence-corrected chi connectivity index (χ0v) is 19.9. The van der Waals surface area contributed by atoms with Crippen molar-refractivity contribution in [1.29, 1.82) is 0 Å². The average molecular weight is 513 g/mol. The van der Waals surface area contributed by atoms with Gasteiger partial charge in [0.05, 0.1) is 17.9 Å². The lowest BCUT2D eigenvalue weighted by Gasteiger charge is -2.08. The zero-order chi connectivity index (χ0) is 21.7. The molecule has 30 heavy (non-hydrogen) atoms. The van der Waals surface area contributed by atoms with E-state index < -0.39 is 5.97 Å². The summed E-state index contributed by atoms with van der Waals surface area (Å²) in [6.07, 6.45) is 0.879. The van der Waals surface area contributed by atoms with Crippen LogP contribution in [0.3, 0.4) is 0 Å². The van der Waals surface area contributed by atoms with E-state index in [0.29, 0.717) is 38.5 Å². The predicted molar refractivity (Wildman–Crippen MR) is 120 cm³/mol. The average Bonchev–Trinajstić information content (AvgIpc) is 3.39. The lowest BCUT2D eigenvalue weighted by atomic mass is 10.3. The van der Waals surface area contributed by atoms with E-state index in [1.165, 1.54) is 23.1 Å². The fraction of sp³-hybridized carbons (Fsp3) is 0.368. The summed E-state index contributed by atoms with van der Waals surface area (Å²) >= 11 is 5.92. The molecule has 0 aromatic carbocycles. The normalized spacial score (nSPS) is 10.9. The minimum absolute atomic E-state index is 0.128. The highest BCUT2D eigenvalue weighted by Crippen LogP contribution is 2.30. The topological polar surface area (TPSA) is 99.2 Å². The number of anilines is 1. The molecular formula is C19H21BrN4O4S2. The molecule has 0 unspecified atom stereocenters. The maximum Gasteiger partial charge on any atom is 0.341 e. The Morgan fingerprint density at radius 2 is 2.13 bits per heavy atom. The van der Waals surface area contributed by atoms with Gasteiger partial charge >= 0.3 is 5.97 Å². The van der Waals surface area contributed by atoms with Gasteiger partial charge in [-0.3, -0.25) is 9.36 Å². The lowest BCUT2D eigenvalue weighted by molar-refractivity contribution is -0.113. The fourth-order valence-corrected chi connectivity index (χ4v) is 4.68. The maximum atomic E-state index is 12.5. The molecule has 0 aliphatic carbocycles. The highest BCUT2D eigenvalue weighted by atomic mass is 79.9. The molecule has 0 spiro atoms. The van der Waals surface area contributed by atoms with Crippen molar-refractivity contribution >= 4 is 55.9 Å². The van der Waals surface area contributed by atoms with Crippen molar-refractivity contribution in [2.75, 3.05) is 17.7 Å². The number of carbonyl (C=O) groups excluding carboxylic acids is 2. The number of ether oxygens (including phenoxy) is 1. The van der Waals surface area contributed by atoms with Crippen LogP contribution < -0.4 is 5.32 Å². The number of nitrogens with one attached hydrogen (secondary N) is 1. The Bertz CT molecular complexity index is 1040. The first kappa shape index (κ1) is 22.6. The van der Waals surface area contributed by atoms with Crippen LogP contribution in [0.2, 0.25) is 0 Å². The molecule has 0 fully saturated rings. The number of carbonyl (C=O) groups is 2. The summed E-state index contributed by atoms with van der Waals surface area (Å²) in [5, 5.41) is 12.4. The Morgan fingerprint density at radius 3 is 2.80 bits per heavy atom. The number of nitrogens with zero attached hydrogens (tertiary/aromatic N) is 3. The van der Waals surface area contributed by atoms with Crippen LogP contribution in [0.4, 0.5) is 5.00 Å². The van der Waals surface area contributed by atoms with E-state index in [2.05, 4.69) is 38.4 Å². The van der Waals surface area contributed by atoms with Crippen molar-refractivity contribution in [2.24, 2.45) is 0 Å². The van der Waals surface area contributed by atoms with Crippen molar-refractivity contribution < 1.29 is 18.7 Å². The fourth-order valence-electron chi connectivity index (χ4n) is 2.70. The highest BCUT2D eigenvalue weighted by Gasteiger charge is 2.20. The van der Waals surface area contributed by atoms with Gasteiger partial charge < -0.3 is 14.5 Å². The monoisotopic (exact) mass is 512 g/mol. The third-order valence-corrected chi connectivity index (χ3v) is 6.25. The van der Waals surface area contributed by atoms with Crippen LogP contribution in [0.25, 0.3) is 11.6 Å². The van der Waals surface area contributed by atoms with Crippen molar-refractivity contribution in [1.82, 2.24) is 14.8 Å². The van der Waals surface area contributed by atoms with Gasteiger partial charge in [-0.25, -0.2) is 4.79 Å². The third-order valence-electron chi connectivity index (χ3n) is 3.89. The van der Waals surface area contributed by atoms with E-state index in [4.69, 9.17) is 9.15 Å². The molecule has 3 aromatic rings. The number of esters is 1. The predicted octanol–water partition coefficient (Wildman–Crippen LogP) is 4.99. The van der Waals surface area contributed by atoms with Crippen LogP contribution in [-0.2, 0) is 16.1 Å². The Labute approximate surface area is 190 Å². The Kier molecular flexibility index (Phi) is 7.73. The van der Waals surface area contributed by atoms with Gasteiger partial charge in [0.1, 0.15) is 5.00 Å². The summed E-state index contributed by atoms with van der Waals surface area (Å²) in [4.78, 5) is 25.5. The van der Waals surface area contributed by atoms with Gasteiger partial charge in [0.25, 0.3) is 0 Å². The quantitative estimate of drug-likeness (QED) is 0.318. The maximum absolute atomic E-state index is 12.5. The smallest absolute Gasteiger partial charge is 0.341 e. The number of aromatic nitrogens is 3. The first-order valence-corrected chi connectivity index (χ1v) is 11.9. The third kappa shape index (κ3) is 5.32. The minimum Gasteiger partial charge on any atom is -0.462 e. The summed E-state index contributed by atoms with van der Waals surface area (Å²) in [6, 6.07) is 5.33. The first-order chi connectivity index (χ1) is 14.4. The summed E-state index contributed by atoms with van der Waals surface area (Å²) in [5.41, 5.74) is 0.373. The number of thioether (sulfide) groups is 1. The molecule has 1 amide bonds. The van der Waals surface area contributed by atoms with Gasteiger partial charge in [-0.15, -0.1) is 21.5 Å². The number of hydrogen-bond donors (Lipinski definition) is 1. The largest absolute Gasteiger partial charge is 0.462 e. The standard InChI is InChI=1S/C19H21BrN4O4S2/c1-4-8-24-16(13-6-7-14(20)28-13)22-23-19(24)29-10-15(25)21-17-12(9-11(3)30-17)18(26)27-5-2/h6-7,9H,4-5,8,10H2,1-3H3,(H,21,25). The number of thiophene rings is 1. The zero-order valence-electron chi connectivity index (χ0n) is 16.7. The number of hydrogen-bond acceptors (Lipinski definition) is 8. The minimum atomic E-state index is -0.443. The van der Waals surface area contributed by atoms with Gasteiger partial charge in [0, 0.05) is 11.4 Å². The molecule has 8 nitrogen and oxygen atoms in total. The van der Waals surface area contributed by atoms with Crippen LogP contribution in [0.1, 0.15) is 35.5 Å². The number of aryl methyl sites for hydroxylation is 1. The second kappa shape index (κ2) is 10.3. The van der Waals surface area contributed by atoms with E-state index >= 15 is 0 Å². The van der Waals surface area contributed by atoms with Crippen LogP contribution in [0.15, 0.2) is 32.4 Å². The summed E-state index contributed by atoms with van der Waals surface area (Å²) in [7, 11) is 0.